The van der Waals surface area contributed by atoms with E-state index in [-0.39, 0.29) is 12.0 Å². The van der Waals surface area contributed by atoms with Crippen LogP contribution in [0, 0.1) is 0 Å². The average molecular weight is 649 g/mol. The molecule has 0 aliphatic heterocycles. The van der Waals surface area contributed by atoms with Crippen molar-refractivity contribution in [1.82, 2.24) is 14.7 Å². The van der Waals surface area contributed by atoms with Gasteiger partial charge in [0.15, 0.2) is 0 Å². The van der Waals surface area contributed by atoms with Crippen molar-refractivity contribution in [3.63, 3.8) is 0 Å². The molecular formula is C34H33Cl2N4O3S+. The fourth-order valence-electron chi connectivity index (χ4n) is 4.84. The zero-order valence-corrected chi connectivity index (χ0v) is 26.8. The predicted octanol–water partition coefficient (Wildman–Crippen LogP) is 7.44. The van der Waals surface area contributed by atoms with Crippen molar-refractivity contribution in [1.29, 1.82) is 0 Å². The molecule has 0 spiro atoms. The van der Waals surface area contributed by atoms with E-state index in [0.717, 1.165) is 39.5 Å². The van der Waals surface area contributed by atoms with E-state index >= 15 is 0 Å². The lowest BCUT2D eigenvalue weighted by Crippen LogP contribution is -2.30. The third-order valence-electron chi connectivity index (χ3n) is 7.18. The Morgan fingerprint density at radius 1 is 0.886 bits per heavy atom. The Bertz CT molecular complexity index is 1800. The van der Waals surface area contributed by atoms with Gasteiger partial charge in [-0.25, -0.2) is 9.71 Å². The van der Waals surface area contributed by atoms with Crippen LogP contribution in [0.1, 0.15) is 37.7 Å². The van der Waals surface area contributed by atoms with Crippen LogP contribution >= 0.6 is 23.2 Å². The molecule has 5 rings (SSSR count). The van der Waals surface area contributed by atoms with Crippen LogP contribution in [0.5, 0.6) is 0 Å². The van der Waals surface area contributed by atoms with E-state index in [2.05, 4.69) is 79.6 Å². The molecule has 1 atom stereocenters. The second-order valence-electron chi connectivity index (χ2n) is 11.5. The molecule has 0 saturated carbocycles. The van der Waals surface area contributed by atoms with Crippen molar-refractivity contribution in [2.75, 3.05) is 11.9 Å². The van der Waals surface area contributed by atoms with Gasteiger partial charge in [-0.1, -0.05) is 105 Å². The summed E-state index contributed by atoms with van der Waals surface area (Å²) >= 11 is 10.6. The van der Waals surface area contributed by atoms with E-state index in [9.17, 15) is 9.00 Å². The van der Waals surface area contributed by atoms with Gasteiger partial charge in [0, 0.05) is 28.3 Å². The van der Waals surface area contributed by atoms with Gasteiger partial charge in [0.25, 0.3) is 5.91 Å². The number of nitrogens with zero attached hydrogens (tertiary/aromatic N) is 1. The fraction of sp³-hybridized carbons (Fsp3) is 0.176. The Hall–Kier alpha value is -3.95. The highest BCUT2D eigenvalue weighted by Crippen LogP contribution is 2.36. The van der Waals surface area contributed by atoms with Crippen molar-refractivity contribution in [3.8, 4) is 33.6 Å². The second kappa shape index (κ2) is 13.4. The predicted molar refractivity (Wildman–Crippen MR) is 181 cm³/mol. The lowest BCUT2D eigenvalue weighted by Gasteiger charge is -2.19. The molecule has 10 heteroatoms. The maximum atomic E-state index is 11.7. The Labute approximate surface area is 269 Å². The van der Waals surface area contributed by atoms with E-state index in [0.29, 0.717) is 22.2 Å². The van der Waals surface area contributed by atoms with Gasteiger partial charge in [-0.3, -0.25) is 4.79 Å². The number of rotatable bonds is 9. The van der Waals surface area contributed by atoms with Crippen LogP contribution in [-0.2, 0) is 27.9 Å². The molecule has 1 heterocycles. The quantitative estimate of drug-likeness (QED) is 0.144. The van der Waals surface area contributed by atoms with Crippen molar-refractivity contribution < 1.29 is 13.6 Å². The average Bonchev–Trinajstić information content (AvgIpc) is 3.39. The van der Waals surface area contributed by atoms with Crippen LogP contribution in [0.3, 0.4) is 0 Å². The van der Waals surface area contributed by atoms with Gasteiger partial charge >= 0.3 is 11.3 Å². The zero-order chi connectivity index (χ0) is 31.4. The number of aromatic amines is 1. The van der Waals surface area contributed by atoms with Gasteiger partial charge in [-0.05, 0) is 58.0 Å². The number of imidazole rings is 1. The maximum absolute atomic E-state index is 11.7. The molecule has 1 unspecified atom stereocenters. The lowest BCUT2D eigenvalue weighted by atomic mass is 9.86. The summed E-state index contributed by atoms with van der Waals surface area (Å²) in [6, 6.07) is 30.1. The zero-order valence-electron chi connectivity index (χ0n) is 24.5. The Kier molecular flexibility index (Phi) is 9.56. The molecule has 0 radical (unpaired) electrons. The van der Waals surface area contributed by atoms with E-state index in [4.69, 9.17) is 32.7 Å². The Balaban J connectivity index is 1.39. The van der Waals surface area contributed by atoms with E-state index < -0.39 is 17.2 Å². The van der Waals surface area contributed by atoms with Crippen LogP contribution < -0.4 is 10.0 Å². The van der Waals surface area contributed by atoms with Gasteiger partial charge in [0.05, 0.1) is 23.0 Å². The number of halogens is 2. The fourth-order valence-corrected chi connectivity index (χ4v) is 5.62. The number of carbonyl (C=O) groups excluding carboxylic acids is 1. The summed E-state index contributed by atoms with van der Waals surface area (Å²) in [5, 5.41) is 4.01. The second-order valence-corrected chi connectivity index (χ2v) is 13.0. The van der Waals surface area contributed by atoms with Gasteiger partial charge in [-0.15, -0.1) is 0 Å². The van der Waals surface area contributed by atoms with E-state index in [1.54, 1.807) is 12.1 Å². The molecule has 44 heavy (non-hydrogen) atoms. The number of nitrogens with one attached hydrogen (secondary N) is 3. The van der Waals surface area contributed by atoms with Gasteiger partial charge in [0.1, 0.15) is 5.82 Å². The smallest absolute Gasteiger partial charge is 0.376 e. The minimum atomic E-state index is -2.15. The molecule has 1 aromatic heterocycles. The van der Waals surface area contributed by atoms with Crippen LogP contribution in [0.25, 0.3) is 33.6 Å². The van der Waals surface area contributed by atoms with Gasteiger partial charge < -0.3 is 14.9 Å². The Morgan fingerprint density at radius 3 is 2.09 bits per heavy atom. The number of hydrogen-bond acceptors (Lipinski definition) is 4. The largest absolute Gasteiger partial charge is 0.420 e. The first kappa shape index (κ1) is 31.5. The molecule has 7 nitrogen and oxygen atoms in total. The molecule has 0 aliphatic carbocycles. The normalized spacial score (nSPS) is 12.1. The molecule has 4 aromatic carbocycles. The van der Waals surface area contributed by atoms with Crippen LogP contribution in [0.2, 0.25) is 10.0 Å². The SMILES string of the molecule is CC(C)(C)c1ccc(-c2ccc(Cc3nc(-c4ccc(NCC(=O)NS(=O)[OH2+])cc4)c(-c4ccc(Cl)cc4Cl)[nH]3)cc2)cc1. The summed E-state index contributed by atoms with van der Waals surface area (Å²) < 4.78 is 19.9. The molecule has 0 aliphatic rings. The number of H-pyrrole nitrogens is 1. The third kappa shape index (κ3) is 7.76. The highest BCUT2D eigenvalue weighted by molar-refractivity contribution is 7.77. The minimum absolute atomic E-state index is 0.108. The van der Waals surface area contributed by atoms with Gasteiger partial charge in [0.2, 0.25) is 0 Å². The Morgan fingerprint density at radius 2 is 1.50 bits per heavy atom. The summed E-state index contributed by atoms with van der Waals surface area (Å²) in [5.74, 6) is 0.246. The topological polar surface area (TPSA) is 110 Å². The number of amides is 1. The van der Waals surface area contributed by atoms with Crippen LogP contribution in [0.4, 0.5) is 5.69 Å². The maximum Gasteiger partial charge on any atom is 0.420 e. The first-order valence-corrected chi connectivity index (χ1v) is 15.9. The summed E-state index contributed by atoms with van der Waals surface area (Å²) in [5.41, 5.74) is 8.69. The molecule has 0 saturated heterocycles. The highest BCUT2D eigenvalue weighted by Gasteiger charge is 2.18. The van der Waals surface area contributed by atoms with E-state index in [1.807, 2.05) is 35.1 Å². The van der Waals surface area contributed by atoms with Crippen molar-refractivity contribution in [2.24, 2.45) is 0 Å². The van der Waals surface area contributed by atoms with Crippen molar-refractivity contribution >= 4 is 46.1 Å². The molecule has 5 aromatic rings. The summed E-state index contributed by atoms with van der Waals surface area (Å²) in [6.45, 7) is 6.54. The molecule has 226 valence electrons. The third-order valence-corrected chi connectivity index (χ3v) is 8.14. The molecule has 5 N–H and O–H groups in total. The number of hydrogen-bond donors (Lipinski definition) is 3. The van der Waals surface area contributed by atoms with Crippen molar-refractivity contribution in [3.05, 3.63) is 118 Å². The number of carbonyl (C=O) groups is 1. The number of anilines is 1. The summed E-state index contributed by atoms with van der Waals surface area (Å²) in [4.78, 5) is 20.2. The number of benzene rings is 4. The monoisotopic (exact) mass is 647 g/mol. The van der Waals surface area contributed by atoms with Crippen molar-refractivity contribution in [2.45, 2.75) is 32.6 Å². The molecule has 0 bridgehead atoms. The molecule has 0 fully saturated rings. The highest BCUT2D eigenvalue weighted by atomic mass is 35.5. The molecule has 1 amide bonds. The standard InChI is InChI=1S/C34H32Cl2N4O3S/c1-34(2,3)25-12-8-23(9-13-25)22-6-4-21(5-7-22)18-30-38-32(33(39-30)28-17-14-26(35)19-29(28)36)24-10-15-27(16-11-24)37-20-31(41)40-44(42)43/h4-17,19,37H,18,20H2,1-3H3,(H,38,39)(H,40,41)(H,42,43)/p+1. The van der Waals surface area contributed by atoms with Gasteiger partial charge in [-0.2, -0.15) is 4.21 Å². The van der Waals surface area contributed by atoms with Crippen LogP contribution in [0.15, 0.2) is 91.0 Å². The number of aromatic nitrogens is 2. The summed E-state index contributed by atoms with van der Waals surface area (Å²) in [6.07, 6.45) is 0.591. The van der Waals surface area contributed by atoms with E-state index in [1.165, 1.54) is 11.1 Å². The first-order chi connectivity index (χ1) is 21.0. The first-order valence-electron chi connectivity index (χ1n) is 14.0. The van der Waals surface area contributed by atoms with Crippen LogP contribution in [-0.4, -0.2) is 31.2 Å². The summed E-state index contributed by atoms with van der Waals surface area (Å²) in [7, 11) is 0. The minimum Gasteiger partial charge on any atom is -0.376 e. The molecular weight excluding hydrogens is 615 g/mol. The lowest BCUT2D eigenvalue weighted by molar-refractivity contribution is -0.117.